The van der Waals surface area contributed by atoms with Gasteiger partial charge in [0.05, 0.1) is 17.2 Å². The number of amides is 2. The van der Waals surface area contributed by atoms with Gasteiger partial charge in [-0.2, -0.15) is 0 Å². The highest BCUT2D eigenvalue weighted by Crippen LogP contribution is 2.33. The molecule has 1 saturated carbocycles. The van der Waals surface area contributed by atoms with Crippen molar-refractivity contribution in [3.63, 3.8) is 0 Å². The number of hydrogen-bond acceptors (Lipinski definition) is 5. The maximum atomic E-state index is 14.7. The highest BCUT2D eigenvalue weighted by atomic mass is 32.2. The number of hydrogen-bond donors (Lipinski definition) is 1. The van der Waals surface area contributed by atoms with Crippen LogP contribution in [0, 0.1) is 0 Å². The molecule has 1 N–H and O–H groups in total. The summed E-state index contributed by atoms with van der Waals surface area (Å²) in [6.07, 6.45) is 5.31. The van der Waals surface area contributed by atoms with E-state index in [1.54, 1.807) is 42.5 Å². The third kappa shape index (κ3) is 8.80. The molecule has 0 heterocycles. The molecule has 9 heteroatoms. The molecule has 8 nitrogen and oxygen atoms in total. The van der Waals surface area contributed by atoms with Crippen molar-refractivity contribution < 1.29 is 22.7 Å². The summed E-state index contributed by atoms with van der Waals surface area (Å²) in [4.78, 5) is 30.5. The molecule has 1 fully saturated rings. The molecule has 0 bridgehead atoms. The average Bonchev–Trinajstić information content (AvgIpc) is 3.11. The molecule has 246 valence electrons. The maximum Gasteiger partial charge on any atom is 0.264 e. The minimum absolute atomic E-state index is 0.0382. The highest BCUT2D eigenvalue weighted by molar-refractivity contribution is 7.92. The van der Waals surface area contributed by atoms with Crippen LogP contribution >= 0.6 is 0 Å². The third-order valence-corrected chi connectivity index (χ3v) is 10.2. The van der Waals surface area contributed by atoms with Gasteiger partial charge >= 0.3 is 0 Å². The molecule has 5 rings (SSSR count). The van der Waals surface area contributed by atoms with Crippen LogP contribution in [0.3, 0.4) is 0 Å². The lowest BCUT2D eigenvalue weighted by atomic mass is 9.94. The molecule has 1 aliphatic carbocycles. The van der Waals surface area contributed by atoms with Gasteiger partial charge in [-0.25, -0.2) is 8.42 Å². The fourth-order valence-electron chi connectivity index (χ4n) is 6.05. The number of benzene rings is 4. The number of sulfonamides is 1. The number of ether oxygens (including phenoxy) is 1. The minimum Gasteiger partial charge on any atom is -0.492 e. The zero-order valence-corrected chi connectivity index (χ0v) is 27.6. The Hall–Kier alpha value is -4.63. The number of carbonyl (C=O) groups excluding carboxylic acids is 2. The highest BCUT2D eigenvalue weighted by Gasteiger charge is 2.36. The van der Waals surface area contributed by atoms with Crippen LogP contribution in [0.2, 0.25) is 0 Å². The lowest BCUT2D eigenvalue weighted by Gasteiger charge is -2.35. The fourth-order valence-corrected chi connectivity index (χ4v) is 7.50. The largest absolute Gasteiger partial charge is 0.492 e. The second-order valence-corrected chi connectivity index (χ2v) is 13.6. The molecule has 2 amide bonds. The van der Waals surface area contributed by atoms with Gasteiger partial charge in [0.2, 0.25) is 11.8 Å². The average molecular weight is 654 g/mol. The summed E-state index contributed by atoms with van der Waals surface area (Å²) in [5, 5.41) is 3.24. The van der Waals surface area contributed by atoms with Gasteiger partial charge in [-0.1, -0.05) is 110 Å². The van der Waals surface area contributed by atoms with Crippen molar-refractivity contribution in [1.82, 2.24) is 10.2 Å². The standard InChI is InChI=1S/C38H43N3O5S/c1-2-46-36-26-16-15-25-34(36)41(47(44,45)33-23-13-6-14-24-33)29-37(42)40(28-31-19-9-4-10-20-31)35(27-30-17-7-3-8-18-30)38(43)39-32-21-11-5-12-22-32/h3-4,6-10,13-20,23-26,32,35H,2,5,11-12,21-22,27-29H2,1H3,(H,39,43)/t35-/m1/s1. The van der Waals surface area contributed by atoms with E-state index in [2.05, 4.69) is 5.32 Å². The molecule has 1 atom stereocenters. The van der Waals surface area contributed by atoms with Crippen molar-refractivity contribution in [2.45, 2.75) is 69.0 Å². The molecule has 47 heavy (non-hydrogen) atoms. The molecule has 0 aromatic heterocycles. The Morgan fingerprint density at radius 1 is 0.787 bits per heavy atom. The molecule has 0 radical (unpaired) electrons. The van der Waals surface area contributed by atoms with E-state index in [-0.39, 0.29) is 35.5 Å². The molecule has 0 unspecified atom stereocenters. The van der Waals surface area contributed by atoms with E-state index >= 15 is 0 Å². The predicted octanol–water partition coefficient (Wildman–Crippen LogP) is 6.37. The van der Waals surface area contributed by atoms with E-state index in [4.69, 9.17) is 4.74 Å². The molecular formula is C38H43N3O5S. The summed E-state index contributed by atoms with van der Waals surface area (Å²) in [6, 6.07) is 33.1. The Kier molecular flexibility index (Phi) is 11.7. The van der Waals surface area contributed by atoms with Gasteiger partial charge in [0.1, 0.15) is 18.3 Å². The molecule has 1 aliphatic rings. The van der Waals surface area contributed by atoms with Gasteiger partial charge in [0.15, 0.2) is 0 Å². The van der Waals surface area contributed by atoms with Gasteiger partial charge in [0.25, 0.3) is 10.0 Å². The topological polar surface area (TPSA) is 96.0 Å². The van der Waals surface area contributed by atoms with E-state index in [1.165, 1.54) is 17.0 Å². The van der Waals surface area contributed by atoms with E-state index in [0.29, 0.717) is 12.4 Å². The summed E-state index contributed by atoms with van der Waals surface area (Å²) in [5.74, 6) is -0.399. The van der Waals surface area contributed by atoms with Crippen LogP contribution in [-0.2, 0) is 32.6 Å². The van der Waals surface area contributed by atoms with Crippen molar-refractivity contribution in [3.8, 4) is 5.75 Å². The quantitative estimate of drug-likeness (QED) is 0.171. The fraction of sp³-hybridized carbons (Fsp3) is 0.316. The van der Waals surface area contributed by atoms with Crippen LogP contribution in [0.25, 0.3) is 0 Å². The second kappa shape index (κ2) is 16.3. The Morgan fingerprint density at radius 3 is 2.00 bits per heavy atom. The van der Waals surface area contributed by atoms with Crippen molar-refractivity contribution in [1.29, 1.82) is 0 Å². The van der Waals surface area contributed by atoms with Crippen molar-refractivity contribution in [2.24, 2.45) is 0 Å². The molecule has 4 aromatic carbocycles. The van der Waals surface area contributed by atoms with Gasteiger partial charge in [-0.3, -0.25) is 13.9 Å². The summed E-state index contributed by atoms with van der Waals surface area (Å²) < 4.78 is 35.5. The number of anilines is 1. The summed E-state index contributed by atoms with van der Waals surface area (Å²) in [6.45, 7) is 1.72. The first kappa shape index (κ1) is 33.7. The lowest BCUT2D eigenvalue weighted by molar-refractivity contribution is -0.140. The van der Waals surface area contributed by atoms with Gasteiger partial charge in [-0.15, -0.1) is 0 Å². The maximum absolute atomic E-state index is 14.7. The summed E-state index contributed by atoms with van der Waals surface area (Å²) in [7, 11) is -4.22. The predicted molar refractivity (Wildman–Crippen MR) is 185 cm³/mol. The van der Waals surface area contributed by atoms with E-state index in [1.807, 2.05) is 67.6 Å². The first-order valence-electron chi connectivity index (χ1n) is 16.3. The van der Waals surface area contributed by atoms with Crippen LogP contribution in [-0.4, -0.2) is 50.4 Å². The zero-order chi connectivity index (χ0) is 33.1. The number of rotatable bonds is 14. The Morgan fingerprint density at radius 2 is 1.36 bits per heavy atom. The van der Waals surface area contributed by atoms with E-state index < -0.39 is 28.5 Å². The Balaban J connectivity index is 1.57. The van der Waals surface area contributed by atoms with Gasteiger partial charge < -0.3 is 15.0 Å². The van der Waals surface area contributed by atoms with Crippen LogP contribution in [0.15, 0.2) is 120 Å². The summed E-state index contributed by atoms with van der Waals surface area (Å²) >= 11 is 0. The van der Waals surface area contributed by atoms with Crippen molar-refractivity contribution in [3.05, 3.63) is 126 Å². The number of para-hydroxylation sites is 2. The van der Waals surface area contributed by atoms with Crippen LogP contribution < -0.4 is 14.4 Å². The number of nitrogens with one attached hydrogen (secondary N) is 1. The second-order valence-electron chi connectivity index (χ2n) is 11.8. The Bertz CT molecular complexity index is 1700. The normalized spacial score (nSPS) is 14.1. The SMILES string of the molecule is CCOc1ccccc1N(CC(=O)N(Cc1ccccc1)[C@H](Cc1ccccc1)C(=O)NC1CCCCC1)S(=O)(=O)c1ccccc1. The lowest BCUT2D eigenvalue weighted by Crippen LogP contribution is -2.55. The van der Waals surface area contributed by atoms with Crippen molar-refractivity contribution in [2.75, 3.05) is 17.5 Å². The van der Waals surface area contributed by atoms with E-state index in [9.17, 15) is 18.0 Å². The molecular weight excluding hydrogens is 611 g/mol. The smallest absolute Gasteiger partial charge is 0.264 e. The monoisotopic (exact) mass is 653 g/mol. The third-order valence-electron chi connectivity index (χ3n) is 8.46. The molecule has 0 aliphatic heterocycles. The Labute approximate surface area is 278 Å². The van der Waals surface area contributed by atoms with Gasteiger partial charge in [-0.05, 0) is 55.2 Å². The van der Waals surface area contributed by atoms with E-state index in [0.717, 1.165) is 47.5 Å². The van der Waals surface area contributed by atoms with Crippen LogP contribution in [0.5, 0.6) is 5.75 Å². The minimum atomic E-state index is -4.22. The first-order chi connectivity index (χ1) is 22.9. The van der Waals surface area contributed by atoms with Crippen LogP contribution in [0.1, 0.15) is 50.2 Å². The molecule has 0 spiro atoms. The molecule has 4 aromatic rings. The molecule has 0 saturated heterocycles. The van der Waals surface area contributed by atoms with Crippen molar-refractivity contribution >= 4 is 27.5 Å². The summed E-state index contributed by atoms with van der Waals surface area (Å²) in [5.41, 5.74) is 1.98. The zero-order valence-electron chi connectivity index (χ0n) is 26.8. The number of nitrogens with zero attached hydrogens (tertiary/aromatic N) is 2. The number of carbonyl (C=O) groups is 2. The van der Waals surface area contributed by atoms with Gasteiger partial charge in [0, 0.05) is 19.0 Å². The first-order valence-corrected chi connectivity index (χ1v) is 17.8. The van der Waals surface area contributed by atoms with Crippen LogP contribution in [0.4, 0.5) is 5.69 Å².